The molecule has 0 bridgehead atoms. The normalized spacial score (nSPS) is 15.9. The van der Waals surface area contributed by atoms with Crippen molar-refractivity contribution in [1.82, 2.24) is 9.88 Å². The molecule has 1 fully saturated rings. The maximum absolute atomic E-state index is 14.0. The number of ketones is 1. The van der Waals surface area contributed by atoms with E-state index in [0.29, 0.717) is 5.69 Å². The third-order valence-corrected chi connectivity index (χ3v) is 4.93. The maximum Gasteiger partial charge on any atom is 0.164 e. The van der Waals surface area contributed by atoms with Crippen LogP contribution in [0.5, 0.6) is 0 Å². The summed E-state index contributed by atoms with van der Waals surface area (Å²) in [6.45, 7) is 7.61. The highest BCUT2D eigenvalue weighted by atomic mass is 32.1. The molecule has 1 aromatic heterocycles. The summed E-state index contributed by atoms with van der Waals surface area (Å²) < 4.78 is 14.0. The number of aryl methyl sites for hydroxylation is 1. The van der Waals surface area contributed by atoms with Gasteiger partial charge in [0.05, 0.1) is 22.0 Å². The summed E-state index contributed by atoms with van der Waals surface area (Å²) in [6.07, 6.45) is 0. The van der Waals surface area contributed by atoms with Crippen molar-refractivity contribution in [1.29, 1.82) is 0 Å². The Morgan fingerprint density at radius 1 is 1.30 bits per heavy atom. The van der Waals surface area contributed by atoms with Crippen molar-refractivity contribution in [2.75, 3.05) is 31.1 Å². The molecule has 1 aliphatic rings. The Labute approximate surface area is 139 Å². The van der Waals surface area contributed by atoms with Crippen LogP contribution in [0.25, 0.3) is 0 Å². The van der Waals surface area contributed by atoms with Gasteiger partial charge in [-0.1, -0.05) is 6.07 Å². The number of thiazole rings is 1. The minimum Gasteiger partial charge on any atom is -0.368 e. The molecule has 6 heteroatoms. The zero-order valence-electron chi connectivity index (χ0n) is 13.4. The number of hydrogen-bond donors (Lipinski definition) is 0. The lowest BCUT2D eigenvalue weighted by atomic mass is 10.1. The molecular formula is C17H20FN3OS. The van der Waals surface area contributed by atoms with Gasteiger partial charge in [0.2, 0.25) is 0 Å². The van der Waals surface area contributed by atoms with Crippen molar-refractivity contribution in [3.05, 3.63) is 45.7 Å². The number of aromatic nitrogens is 1. The van der Waals surface area contributed by atoms with Crippen LogP contribution in [0.3, 0.4) is 0 Å². The Kier molecular flexibility index (Phi) is 4.73. The fraction of sp³-hybridized carbons (Fsp3) is 0.412. The van der Waals surface area contributed by atoms with Crippen LogP contribution in [0, 0.1) is 12.7 Å². The van der Waals surface area contributed by atoms with Gasteiger partial charge in [0.25, 0.3) is 0 Å². The molecule has 4 nitrogen and oxygen atoms in total. The lowest BCUT2D eigenvalue weighted by Gasteiger charge is -2.36. The summed E-state index contributed by atoms with van der Waals surface area (Å²) in [5, 5.41) is 3.19. The number of Topliss-reactive ketones (excluding diaryl/α,β-unsaturated/α-hetero) is 1. The largest absolute Gasteiger partial charge is 0.368 e. The minimum atomic E-state index is -0.435. The molecule has 0 unspecified atom stereocenters. The molecule has 1 aliphatic heterocycles. The highest BCUT2D eigenvalue weighted by Crippen LogP contribution is 2.25. The van der Waals surface area contributed by atoms with Crippen molar-refractivity contribution >= 4 is 22.8 Å². The van der Waals surface area contributed by atoms with Crippen LogP contribution < -0.4 is 4.90 Å². The van der Waals surface area contributed by atoms with Crippen molar-refractivity contribution < 1.29 is 9.18 Å². The predicted molar refractivity (Wildman–Crippen MR) is 90.7 cm³/mol. The number of hydrogen-bond acceptors (Lipinski definition) is 5. The molecule has 0 atom stereocenters. The second-order valence-electron chi connectivity index (χ2n) is 5.81. The molecule has 1 saturated heterocycles. The van der Waals surface area contributed by atoms with Gasteiger partial charge in [0.1, 0.15) is 5.82 Å². The summed E-state index contributed by atoms with van der Waals surface area (Å²) in [5.41, 5.74) is 2.02. The average molecular weight is 333 g/mol. The quantitative estimate of drug-likeness (QED) is 0.806. The van der Waals surface area contributed by atoms with Gasteiger partial charge in [-0.25, -0.2) is 9.37 Å². The lowest BCUT2D eigenvalue weighted by Crippen LogP contribution is -2.46. The third kappa shape index (κ3) is 3.59. The smallest absolute Gasteiger partial charge is 0.164 e. The first-order valence-corrected chi connectivity index (χ1v) is 8.60. The summed E-state index contributed by atoms with van der Waals surface area (Å²) in [7, 11) is 0. The van der Waals surface area contributed by atoms with E-state index < -0.39 is 5.82 Å². The van der Waals surface area contributed by atoms with Crippen LogP contribution in [0.4, 0.5) is 10.1 Å². The number of rotatable bonds is 4. The van der Waals surface area contributed by atoms with E-state index in [2.05, 4.69) is 20.2 Å². The molecule has 0 radical (unpaired) electrons. The first-order valence-electron chi connectivity index (χ1n) is 7.72. The Bertz CT molecular complexity index is 708. The third-order valence-electron chi connectivity index (χ3n) is 4.11. The SMILES string of the molecule is CC(=O)c1c(F)cccc1N1CCN(Cc2csc(C)n2)CC1. The number of carbonyl (C=O) groups is 1. The average Bonchev–Trinajstić information content (AvgIpc) is 2.92. The first-order chi connectivity index (χ1) is 11.0. The number of carbonyl (C=O) groups excluding carboxylic acids is 1. The lowest BCUT2D eigenvalue weighted by molar-refractivity contribution is 0.101. The summed E-state index contributed by atoms with van der Waals surface area (Å²) in [6, 6.07) is 4.85. The number of piperazine rings is 1. The number of benzene rings is 1. The van der Waals surface area contributed by atoms with Gasteiger partial charge < -0.3 is 4.90 Å². The zero-order chi connectivity index (χ0) is 16.4. The van der Waals surface area contributed by atoms with Crippen LogP contribution >= 0.6 is 11.3 Å². The van der Waals surface area contributed by atoms with Gasteiger partial charge >= 0.3 is 0 Å². The van der Waals surface area contributed by atoms with Crippen molar-refractivity contribution in [3.63, 3.8) is 0 Å². The van der Waals surface area contributed by atoms with Crippen LogP contribution in [0.2, 0.25) is 0 Å². The highest BCUT2D eigenvalue weighted by Gasteiger charge is 2.22. The predicted octanol–water partition coefficient (Wildman–Crippen LogP) is 3.12. The molecular weight excluding hydrogens is 313 g/mol. The molecule has 2 aromatic rings. The fourth-order valence-corrected chi connectivity index (χ4v) is 3.59. The van der Waals surface area contributed by atoms with Gasteiger partial charge in [-0.15, -0.1) is 11.3 Å². The monoisotopic (exact) mass is 333 g/mol. The minimum absolute atomic E-state index is 0.205. The van der Waals surface area contributed by atoms with Crippen molar-refractivity contribution in [2.24, 2.45) is 0 Å². The fourth-order valence-electron chi connectivity index (χ4n) is 2.98. The topological polar surface area (TPSA) is 36.4 Å². The van der Waals surface area contributed by atoms with Gasteiger partial charge in [0, 0.05) is 38.1 Å². The number of nitrogens with zero attached hydrogens (tertiary/aromatic N) is 3. The second kappa shape index (κ2) is 6.76. The Balaban J connectivity index is 1.67. The molecule has 0 saturated carbocycles. The van der Waals surface area contributed by atoms with Gasteiger partial charge in [-0.05, 0) is 26.0 Å². The summed E-state index contributed by atoms with van der Waals surface area (Å²) in [5.74, 6) is -0.658. The van der Waals surface area contributed by atoms with Crippen LogP contribution in [0.1, 0.15) is 28.0 Å². The van der Waals surface area contributed by atoms with E-state index in [1.807, 2.05) is 13.0 Å². The number of anilines is 1. The molecule has 0 spiro atoms. The molecule has 3 rings (SSSR count). The Hall–Kier alpha value is -1.79. The van der Waals surface area contributed by atoms with E-state index in [-0.39, 0.29) is 11.3 Å². The van der Waals surface area contributed by atoms with E-state index in [4.69, 9.17) is 0 Å². The second-order valence-corrected chi connectivity index (χ2v) is 6.87. The van der Waals surface area contributed by atoms with E-state index in [1.54, 1.807) is 17.4 Å². The summed E-state index contributed by atoms with van der Waals surface area (Å²) in [4.78, 5) is 20.7. The zero-order valence-corrected chi connectivity index (χ0v) is 14.2. The molecule has 0 aliphatic carbocycles. The van der Waals surface area contributed by atoms with E-state index in [9.17, 15) is 9.18 Å². The van der Waals surface area contributed by atoms with Crippen molar-refractivity contribution in [2.45, 2.75) is 20.4 Å². The van der Waals surface area contributed by atoms with Crippen LogP contribution in [-0.4, -0.2) is 41.8 Å². The van der Waals surface area contributed by atoms with Crippen molar-refractivity contribution in [3.8, 4) is 0 Å². The van der Waals surface area contributed by atoms with E-state index in [0.717, 1.165) is 43.4 Å². The van der Waals surface area contributed by atoms with Crippen LogP contribution in [0.15, 0.2) is 23.6 Å². The molecule has 23 heavy (non-hydrogen) atoms. The molecule has 0 amide bonds. The molecule has 122 valence electrons. The summed E-state index contributed by atoms with van der Waals surface area (Å²) >= 11 is 1.67. The Morgan fingerprint density at radius 2 is 2.04 bits per heavy atom. The molecule has 2 heterocycles. The first kappa shape index (κ1) is 16.1. The van der Waals surface area contributed by atoms with E-state index in [1.165, 1.54) is 13.0 Å². The van der Waals surface area contributed by atoms with E-state index >= 15 is 0 Å². The van der Waals surface area contributed by atoms with Gasteiger partial charge in [-0.3, -0.25) is 9.69 Å². The van der Waals surface area contributed by atoms with Gasteiger partial charge in [0.15, 0.2) is 5.78 Å². The van der Waals surface area contributed by atoms with Gasteiger partial charge in [-0.2, -0.15) is 0 Å². The Morgan fingerprint density at radius 3 is 2.65 bits per heavy atom. The molecule has 0 N–H and O–H groups in total. The van der Waals surface area contributed by atoms with Crippen LogP contribution in [-0.2, 0) is 6.54 Å². The molecule has 1 aromatic carbocycles. The highest BCUT2D eigenvalue weighted by molar-refractivity contribution is 7.09. The standard InChI is InChI=1S/C17H20FN3OS/c1-12(22)17-15(18)4-3-5-16(17)21-8-6-20(7-9-21)10-14-11-23-13(2)19-14/h3-5,11H,6-10H2,1-2H3. The maximum atomic E-state index is 14.0. The number of halogens is 1.